The minimum absolute atomic E-state index is 0.414. The fraction of sp³-hybridized carbons (Fsp3) is 0.273. The van der Waals surface area contributed by atoms with Gasteiger partial charge in [-0.05, 0) is 19.4 Å². The van der Waals surface area contributed by atoms with Crippen molar-refractivity contribution in [3.63, 3.8) is 0 Å². The number of rotatable bonds is 4. The summed E-state index contributed by atoms with van der Waals surface area (Å²) < 4.78 is 0. The molecule has 0 atom stereocenters. The summed E-state index contributed by atoms with van der Waals surface area (Å²) in [5, 5.41) is 15.3. The van der Waals surface area contributed by atoms with Gasteiger partial charge in [0.2, 0.25) is 0 Å². The van der Waals surface area contributed by atoms with E-state index in [0.717, 1.165) is 5.56 Å². The lowest BCUT2D eigenvalue weighted by Gasteiger charge is -2.00. The molecule has 0 bridgehead atoms. The zero-order valence-electron chi connectivity index (χ0n) is 8.84. The first kappa shape index (κ1) is 11.2. The van der Waals surface area contributed by atoms with Gasteiger partial charge in [-0.3, -0.25) is 0 Å². The molecule has 0 saturated heterocycles. The first-order chi connectivity index (χ1) is 7.24. The Morgan fingerprint density at radius 2 is 1.87 bits per heavy atom. The maximum Gasteiger partial charge on any atom is 0.142 e. The summed E-state index contributed by atoms with van der Waals surface area (Å²) in [4.78, 5) is 5.10. The Kier molecular flexibility index (Phi) is 4.34. The monoisotopic (exact) mass is 206 g/mol. The molecular formula is C11H14N2O2. The second kappa shape index (κ2) is 5.80. The summed E-state index contributed by atoms with van der Waals surface area (Å²) in [6.45, 7) is 3.79. The van der Waals surface area contributed by atoms with Crippen LogP contribution >= 0.6 is 0 Å². The van der Waals surface area contributed by atoms with E-state index in [1.165, 1.54) is 0 Å². The topological polar surface area (TPSA) is 54.2 Å². The lowest BCUT2D eigenvalue weighted by atomic mass is 10.2. The fourth-order valence-electron chi connectivity index (χ4n) is 0.916. The Hall–Kier alpha value is -1.84. The van der Waals surface area contributed by atoms with Crippen molar-refractivity contribution in [3.05, 3.63) is 35.9 Å². The predicted octanol–water partition coefficient (Wildman–Crippen LogP) is 2.43. The van der Waals surface area contributed by atoms with E-state index in [2.05, 4.69) is 10.3 Å². The van der Waals surface area contributed by atoms with Crippen molar-refractivity contribution in [3.8, 4) is 0 Å². The van der Waals surface area contributed by atoms with Gasteiger partial charge < -0.3 is 10.0 Å². The van der Waals surface area contributed by atoms with Crippen molar-refractivity contribution in [2.75, 3.05) is 0 Å². The zero-order valence-corrected chi connectivity index (χ0v) is 8.84. The van der Waals surface area contributed by atoms with E-state index in [1.807, 2.05) is 30.3 Å². The Morgan fingerprint density at radius 1 is 1.20 bits per heavy atom. The smallest absolute Gasteiger partial charge is 0.142 e. The maximum atomic E-state index is 8.47. The van der Waals surface area contributed by atoms with Crippen LogP contribution in [0.2, 0.25) is 0 Å². The normalized spacial score (nSPS) is 12.7. The average Bonchev–Trinajstić information content (AvgIpc) is 2.29. The standard InChI is InChI=1S/C11H14N2O2/c1-9(12-14)10(2)13-15-8-11-6-4-3-5-7-11/h3-7,14H,8H2,1-2H3/b12-9+,13-10-. The van der Waals surface area contributed by atoms with Crippen molar-refractivity contribution in [1.82, 2.24) is 0 Å². The van der Waals surface area contributed by atoms with Gasteiger partial charge in [0, 0.05) is 0 Å². The van der Waals surface area contributed by atoms with E-state index < -0.39 is 0 Å². The van der Waals surface area contributed by atoms with Gasteiger partial charge in [0.25, 0.3) is 0 Å². The number of nitrogens with zero attached hydrogens (tertiary/aromatic N) is 2. The van der Waals surface area contributed by atoms with Gasteiger partial charge in [-0.15, -0.1) is 0 Å². The molecule has 0 aliphatic carbocycles. The first-order valence-electron chi connectivity index (χ1n) is 4.63. The lowest BCUT2D eigenvalue weighted by Crippen LogP contribution is -2.06. The third-order valence-electron chi connectivity index (χ3n) is 1.95. The minimum Gasteiger partial charge on any atom is -0.411 e. The second-order valence-corrected chi connectivity index (χ2v) is 3.12. The molecule has 1 N–H and O–H groups in total. The molecule has 0 spiro atoms. The van der Waals surface area contributed by atoms with Gasteiger partial charge in [0.05, 0.1) is 0 Å². The summed E-state index contributed by atoms with van der Waals surface area (Å²) in [5.41, 5.74) is 2.06. The molecule has 1 aromatic rings. The molecule has 0 fully saturated rings. The van der Waals surface area contributed by atoms with Gasteiger partial charge >= 0.3 is 0 Å². The molecule has 0 unspecified atom stereocenters. The van der Waals surface area contributed by atoms with E-state index in [4.69, 9.17) is 10.0 Å². The summed E-state index contributed by atoms with van der Waals surface area (Å²) in [6.07, 6.45) is 0. The number of hydrogen-bond acceptors (Lipinski definition) is 4. The molecule has 0 heterocycles. The lowest BCUT2D eigenvalue weighted by molar-refractivity contribution is 0.131. The molecule has 1 rings (SSSR count). The molecule has 0 saturated carbocycles. The van der Waals surface area contributed by atoms with E-state index in [9.17, 15) is 0 Å². The Balaban J connectivity index is 2.46. The molecule has 4 nitrogen and oxygen atoms in total. The molecule has 4 heteroatoms. The van der Waals surface area contributed by atoms with E-state index in [-0.39, 0.29) is 0 Å². The van der Waals surface area contributed by atoms with Crippen LogP contribution in [0.1, 0.15) is 19.4 Å². The Bertz CT molecular complexity index is 358. The number of benzene rings is 1. The highest BCUT2D eigenvalue weighted by molar-refractivity contribution is 6.40. The molecule has 0 aliphatic heterocycles. The van der Waals surface area contributed by atoms with Crippen LogP contribution in [0.25, 0.3) is 0 Å². The van der Waals surface area contributed by atoms with Crippen LogP contribution in [0.3, 0.4) is 0 Å². The van der Waals surface area contributed by atoms with Crippen molar-refractivity contribution in [2.24, 2.45) is 10.3 Å². The molecule has 0 radical (unpaired) electrons. The molecule has 0 aromatic heterocycles. The Labute approximate surface area is 88.9 Å². The van der Waals surface area contributed by atoms with E-state index in [0.29, 0.717) is 18.0 Å². The van der Waals surface area contributed by atoms with Gasteiger partial charge in [0.1, 0.15) is 18.0 Å². The van der Waals surface area contributed by atoms with E-state index >= 15 is 0 Å². The number of hydrogen-bond donors (Lipinski definition) is 1. The van der Waals surface area contributed by atoms with Crippen LogP contribution in [-0.4, -0.2) is 16.6 Å². The molecular weight excluding hydrogens is 192 g/mol. The summed E-state index contributed by atoms with van der Waals surface area (Å²) in [5.74, 6) is 0. The second-order valence-electron chi connectivity index (χ2n) is 3.12. The van der Waals surface area contributed by atoms with Crippen molar-refractivity contribution in [1.29, 1.82) is 0 Å². The molecule has 1 aromatic carbocycles. The average molecular weight is 206 g/mol. The minimum atomic E-state index is 0.414. The van der Waals surface area contributed by atoms with Crippen molar-refractivity contribution < 1.29 is 10.0 Å². The third-order valence-corrected chi connectivity index (χ3v) is 1.95. The Morgan fingerprint density at radius 3 is 2.47 bits per heavy atom. The highest BCUT2D eigenvalue weighted by Crippen LogP contribution is 2.00. The predicted molar refractivity (Wildman–Crippen MR) is 59.2 cm³/mol. The van der Waals surface area contributed by atoms with Gasteiger partial charge in [-0.1, -0.05) is 40.6 Å². The highest BCUT2D eigenvalue weighted by Gasteiger charge is 1.97. The van der Waals surface area contributed by atoms with Crippen LogP contribution in [0.15, 0.2) is 40.6 Å². The number of oxime groups is 2. The van der Waals surface area contributed by atoms with Crippen LogP contribution in [0.4, 0.5) is 0 Å². The van der Waals surface area contributed by atoms with Crippen molar-refractivity contribution >= 4 is 11.4 Å². The van der Waals surface area contributed by atoms with Crippen LogP contribution in [0, 0.1) is 0 Å². The molecule has 0 aliphatic rings. The largest absolute Gasteiger partial charge is 0.411 e. The molecule has 15 heavy (non-hydrogen) atoms. The summed E-state index contributed by atoms with van der Waals surface area (Å²) in [6, 6.07) is 9.74. The maximum absolute atomic E-state index is 8.47. The summed E-state index contributed by atoms with van der Waals surface area (Å²) in [7, 11) is 0. The molecule has 0 amide bonds. The SMILES string of the molecule is CC(=N/OCc1ccccc1)/C(C)=N/O. The summed E-state index contributed by atoms with van der Waals surface area (Å²) >= 11 is 0. The van der Waals surface area contributed by atoms with Gasteiger partial charge in [-0.25, -0.2) is 0 Å². The molecule has 80 valence electrons. The first-order valence-corrected chi connectivity index (χ1v) is 4.63. The van der Waals surface area contributed by atoms with Crippen LogP contribution in [0.5, 0.6) is 0 Å². The zero-order chi connectivity index (χ0) is 11.1. The quantitative estimate of drug-likeness (QED) is 0.467. The van der Waals surface area contributed by atoms with Gasteiger partial charge in [0.15, 0.2) is 0 Å². The third kappa shape index (κ3) is 3.81. The van der Waals surface area contributed by atoms with Gasteiger partial charge in [-0.2, -0.15) is 0 Å². The van der Waals surface area contributed by atoms with Crippen molar-refractivity contribution in [2.45, 2.75) is 20.5 Å². The van der Waals surface area contributed by atoms with Crippen LogP contribution < -0.4 is 0 Å². The van der Waals surface area contributed by atoms with E-state index in [1.54, 1.807) is 13.8 Å². The highest BCUT2D eigenvalue weighted by atomic mass is 16.6. The van der Waals surface area contributed by atoms with Crippen LogP contribution in [-0.2, 0) is 11.4 Å². The fourth-order valence-corrected chi connectivity index (χ4v) is 0.916.